The molecule has 19 heavy (non-hydrogen) atoms. The molecule has 0 spiro atoms. The first-order valence-electron chi connectivity index (χ1n) is 6.79. The summed E-state index contributed by atoms with van der Waals surface area (Å²) >= 11 is 0. The monoisotopic (exact) mass is 258 g/mol. The highest BCUT2D eigenvalue weighted by Crippen LogP contribution is 2.36. The molecule has 0 atom stereocenters. The largest absolute Gasteiger partial charge is 0.504 e. The van der Waals surface area contributed by atoms with Gasteiger partial charge in [0.1, 0.15) is 0 Å². The van der Waals surface area contributed by atoms with Gasteiger partial charge in [-0.2, -0.15) is 0 Å². The zero-order chi connectivity index (χ0) is 13.1. The number of likely N-dealkylation sites (tertiary alicyclic amines) is 1. The van der Waals surface area contributed by atoms with E-state index in [0.29, 0.717) is 5.75 Å². The lowest BCUT2D eigenvalue weighted by atomic mass is 10.1. The van der Waals surface area contributed by atoms with Crippen LogP contribution in [0.2, 0.25) is 0 Å². The van der Waals surface area contributed by atoms with Gasteiger partial charge >= 0.3 is 0 Å². The smallest absolute Gasteiger partial charge is 0.207 e. The lowest BCUT2D eigenvalue weighted by molar-refractivity contribution is 0.217. The number of oxime groups is 1. The van der Waals surface area contributed by atoms with Crippen LogP contribution < -0.4 is 4.84 Å². The van der Waals surface area contributed by atoms with Crippen molar-refractivity contribution in [2.45, 2.75) is 25.8 Å². The highest BCUT2D eigenvalue weighted by Gasteiger charge is 2.17. The zero-order valence-corrected chi connectivity index (χ0v) is 10.9. The van der Waals surface area contributed by atoms with Crippen molar-refractivity contribution in [1.82, 2.24) is 4.90 Å². The number of nitrogens with zero attached hydrogens (tertiary/aromatic N) is 2. The van der Waals surface area contributed by atoms with Gasteiger partial charge in [0.05, 0.1) is 6.21 Å². The van der Waals surface area contributed by atoms with Crippen LogP contribution in [0.25, 0.3) is 6.08 Å². The Morgan fingerprint density at radius 3 is 2.89 bits per heavy atom. The second-order valence-corrected chi connectivity index (χ2v) is 5.03. The molecule has 3 rings (SSSR count). The Labute approximate surface area is 113 Å². The molecular weight excluding hydrogens is 240 g/mol. The van der Waals surface area contributed by atoms with E-state index in [4.69, 9.17) is 4.84 Å². The van der Waals surface area contributed by atoms with Crippen LogP contribution >= 0.6 is 0 Å². The summed E-state index contributed by atoms with van der Waals surface area (Å²) in [6.45, 7) is 2.99. The van der Waals surface area contributed by atoms with Gasteiger partial charge in [-0.25, -0.2) is 0 Å². The Morgan fingerprint density at radius 2 is 2.05 bits per heavy atom. The standard InChI is InChI=1S/C15H18N2O2/c18-14-13(11-17-9-2-1-3-10-17)7-6-12-5-4-8-16-19-15(12)14/h4-8,18H,1-3,9-11H2. The molecule has 0 aliphatic carbocycles. The van der Waals surface area contributed by atoms with E-state index in [1.165, 1.54) is 19.3 Å². The Balaban J connectivity index is 1.84. The third-order valence-electron chi connectivity index (χ3n) is 3.65. The van der Waals surface area contributed by atoms with Crippen molar-refractivity contribution in [3.05, 3.63) is 29.3 Å². The molecule has 4 nitrogen and oxygen atoms in total. The van der Waals surface area contributed by atoms with Crippen LogP contribution in [0.1, 0.15) is 30.4 Å². The molecule has 100 valence electrons. The van der Waals surface area contributed by atoms with Crippen molar-refractivity contribution >= 4 is 12.3 Å². The van der Waals surface area contributed by atoms with Gasteiger partial charge in [0.15, 0.2) is 5.75 Å². The molecule has 0 aromatic heterocycles. The van der Waals surface area contributed by atoms with Crippen LogP contribution in [-0.2, 0) is 6.54 Å². The van der Waals surface area contributed by atoms with Gasteiger partial charge in [-0.3, -0.25) is 4.90 Å². The minimum Gasteiger partial charge on any atom is -0.504 e. The predicted octanol–water partition coefficient (Wildman–Crippen LogP) is 2.77. The SMILES string of the molecule is Oc1c(CN2CCCCC2)ccc2c1ON=CC=C2. The topological polar surface area (TPSA) is 45.1 Å². The number of aromatic hydroxyl groups is 1. The van der Waals surface area contributed by atoms with E-state index in [9.17, 15) is 5.11 Å². The van der Waals surface area contributed by atoms with Crippen molar-refractivity contribution in [3.63, 3.8) is 0 Å². The molecule has 1 aromatic rings. The Kier molecular flexibility index (Phi) is 3.51. The van der Waals surface area contributed by atoms with Gasteiger partial charge < -0.3 is 9.94 Å². The number of piperidine rings is 1. The summed E-state index contributed by atoms with van der Waals surface area (Å²) in [6.07, 6.45) is 9.06. The van der Waals surface area contributed by atoms with Crippen molar-refractivity contribution in [2.75, 3.05) is 13.1 Å². The summed E-state index contributed by atoms with van der Waals surface area (Å²) < 4.78 is 0. The molecule has 2 heterocycles. The maximum atomic E-state index is 10.3. The van der Waals surface area contributed by atoms with E-state index in [2.05, 4.69) is 10.1 Å². The second kappa shape index (κ2) is 5.45. The molecule has 0 saturated carbocycles. The highest BCUT2D eigenvalue weighted by molar-refractivity contribution is 5.81. The third kappa shape index (κ3) is 2.63. The van der Waals surface area contributed by atoms with E-state index in [0.717, 1.165) is 30.8 Å². The molecule has 1 aromatic carbocycles. The second-order valence-electron chi connectivity index (χ2n) is 5.03. The Hall–Kier alpha value is -1.81. The van der Waals surface area contributed by atoms with Crippen LogP contribution in [0.4, 0.5) is 0 Å². The summed E-state index contributed by atoms with van der Waals surface area (Å²) in [5.41, 5.74) is 1.77. The molecule has 2 aliphatic rings. The first kappa shape index (κ1) is 12.2. The van der Waals surface area contributed by atoms with E-state index < -0.39 is 0 Å². The molecule has 2 aliphatic heterocycles. The third-order valence-corrected chi connectivity index (χ3v) is 3.65. The average molecular weight is 258 g/mol. The number of rotatable bonds is 2. The number of phenolic OH excluding ortho intramolecular Hbond substituents is 1. The molecule has 1 fully saturated rings. The van der Waals surface area contributed by atoms with Crippen molar-refractivity contribution in [2.24, 2.45) is 5.16 Å². The fourth-order valence-electron chi connectivity index (χ4n) is 2.61. The molecule has 0 amide bonds. The lowest BCUT2D eigenvalue weighted by Gasteiger charge is -2.26. The number of fused-ring (bicyclic) bond motifs is 1. The van der Waals surface area contributed by atoms with Crippen LogP contribution in [0.5, 0.6) is 11.5 Å². The minimum atomic E-state index is 0.215. The van der Waals surface area contributed by atoms with Crippen molar-refractivity contribution in [1.29, 1.82) is 0 Å². The molecule has 0 unspecified atom stereocenters. The minimum absolute atomic E-state index is 0.215. The summed E-state index contributed by atoms with van der Waals surface area (Å²) in [6, 6.07) is 3.95. The number of benzene rings is 1. The molecule has 0 radical (unpaired) electrons. The van der Waals surface area contributed by atoms with Gasteiger partial charge in [0.2, 0.25) is 5.75 Å². The summed E-state index contributed by atoms with van der Waals surface area (Å²) in [5, 5.41) is 14.1. The Bertz CT molecular complexity index is 517. The fourth-order valence-corrected chi connectivity index (χ4v) is 2.61. The molecule has 4 heteroatoms. The number of hydrogen-bond donors (Lipinski definition) is 1. The van der Waals surface area contributed by atoms with Gasteiger partial charge in [-0.05, 0) is 38.1 Å². The zero-order valence-electron chi connectivity index (χ0n) is 10.9. The normalized spacial score (nSPS) is 18.7. The summed E-state index contributed by atoms with van der Waals surface area (Å²) in [5.74, 6) is 0.672. The maximum absolute atomic E-state index is 10.3. The Morgan fingerprint density at radius 1 is 1.21 bits per heavy atom. The van der Waals surface area contributed by atoms with Gasteiger partial charge in [0, 0.05) is 17.7 Å². The average Bonchev–Trinajstić information content (AvgIpc) is 2.69. The highest BCUT2D eigenvalue weighted by atomic mass is 16.6. The van der Waals surface area contributed by atoms with Gasteiger partial charge in [-0.1, -0.05) is 23.7 Å². The van der Waals surface area contributed by atoms with Crippen LogP contribution in [0.3, 0.4) is 0 Å². The van der Waals surface area contributed by atoms with Crippen LogP contribution in [0.15, 0.2) is 23.4 Å². The first-order chi connectivity index (χ1) is 9.34. The van der Waals surface area contributed by atoms with Crippen LogP contribution in [0, 0.1) is 0 Å². The number of allylic oxidation sites excluding steroid dienone is 1. The summed E-state index contributed by atoms with van der Waals surface area (Å²) in [7, 11) is 0. The van der Waals surface area contributed by atoms with E-state index in [1.54, 1.807) is 12.3 Å². The number of hydrogen-bond acceptors (Lipinski definition) is 4. The molecule has 0 bridgehead atoms. The van der Waals surface area contributed by atoms with Crippen molar-refractivity contribution in [3.8, 4) is 11.5 Å². The quantitative estimate of drug-likeness (QED) is 0.887. The first-order valence-corrected chi connectivity index (χ1v) is 6.79. The predicted molar refractivity (Wildman–Crippen MR) is 75.4 cm³/mol. The van der Waals surface area contributed by atoms with Gasteiger partial charge in [-0.15, -0.1) is 0 Å². The maximum Gasteiger partial charge on any atom is 0.207 e. The van der Waals surface area contributed by atoms with Gasteiger partial charge in [0.25, 0.3) is 0 Å². The van der Waals surface area contributed by atoms with E-state index in [-0.39, 0.29) is 5.75 Å². The lowest BCUT2D eigenvalue weighted by Crippen LogP contribution is -2.29. The molecule has 1 saturated heterocycles. The van der Waals surface area contributed by atoms with Crippen molar-refractivity contribution < 1.29 is 9.94 Å². The molecule has 1 N–H and O–H groups in total. The van der Waals surface area contributed by atoms with E-state index in [1.807, 2.05) is 18.2 Å². The van der Waals surface area contributed by atoms with Crippen LogP contribution in [-0.4, -0.2) is 29.3 Å². The fraction of sp³-hybridized carbons (Fsp3) is 0.400. The van der Waals surface area contributed by atoms with E-state index >= 15 is 0 Å². The number of phenols is 1. The molecular formula is C15H18N2O2. The summed E-state index contributed by atoms with van der Waals surface area (Å²) in [4.78, 5) is 7.62.